The molecule has 1 aromatic rings. The molecule has 1 saturated carbocycles. The van der Waals surface area contributed by atoms with Gasteiger partial charge < -0.3 is 11.1 Å². The topological polar surface area (TPSA) is 38.0 Å². The number of nitrogens with two attached hydrogens (primary N) is 1. The lowest BCUT2D eigenvalue weighted by molar-refractivity contribution is 0.353. The fraction of sp³-hybridized carbons (Fsp3) is 0.667. The van der Waals surface area contributed by atoms with Crippen molar-refractivity contribution in [3.05, 3.63) is 34.4 Å². The number of rotatable bonds is 4. The summed E-state index contributed by atoms with van der Waals surface area (Å²) in [6, 6.07) is 5.50. The Morgan fingerprint density at radius 3 is 2.40 bits per heavy atom. The first kappa shape index (κ1) is 15.5. The molecule has 1 aliphatic carbocycles. The van der Waals surface area contributed by atoms with Crippen LogP contribution in [0, 0.1) is 26.2 Å². The van der Waals surface area contributed by atoms with E-state index in [2.05, 4.69) is 52.1 Å². The normalized spacial score (nSPS) is 23.0. The van der Waals surface area contributed by atoms with Gasteiger partial charge in [-0.15, -0.1) is 0 Å². The van der Waals surface area contributed by atoms with Gasteiger partial charge in [0.15, 0.2) is 0 Å². The summed E-state index contributed by atoms with van der Waals surface area (Å²) in [6.07, 6.45) is 3.84. The van der Waals surface area contributed by atoms with Crippen molar-refractivity contribution in [2.75, 3.05) is 6.54 Å². The highest BCUT2D eigenvalue weighted by atomic mass is 15.0. The zero-order valence-corrected chi connectivity index (χ0v) is 13.7. The van der Waals surface area contributed by atoms with E-state index >= 15 is 0 Å². The molecule has 3 N–H and O–H groups in total. The van der Waals surface area contributed by atoms with Crippen LogP contribution in [0.15, 0.2) is 12.1 Å². The highest BCUT2D eigenvalue weighted by Crippen LogP contribution is 2.38. The van der Waals surface area contributed by atoms with Gasteiger partial charge in [-0.2, -0.15) is 0 Å². The van der Waals surface area contributed by atoms with E-state index in [1.54, 1.807) is 0 Å². The van der Waals surface area contributed by atoms with Crippen LogP contribution in [0.1, 0.15) is 61.4 Å². The first-order valence-electron chi connectivity index (χ1n) is 7.86. The quantitative estimate of drug-likeness (QED) is 0.877. The van der Waals surface area contributed by atoms with E-state index < -0.39 is 0 Å². The van der Waals surface area contributed by atoms with E-state index in [0.29, 0.717) is 18.0 Å². The van der Waals surface area contributed by atoms with Crippen molar-refractivity contribution in [3.8, 4) is 0 Å². The highest BCUT2D eigenvalue weighted by molar-refractivity contribution is 5.38. The standard InChI is InChI=1S/C18H30N2/c1-12-8-14(3)16(9-13(12)2)17(11-19)20-15-6-7-18(4,5)10-15/h8-9,15,17,20H,6-7,10-11,19H2,1-5H3. The molecule has 2 unspecified atom stereocenters. The van der Waals surface area contributed by atoms with Crippen LogP contribution in [0.2, 0.25) is 0 Å². The van der Waals surface area contributed by atoms with E-state index in [4.69, 9.17) is 5.73 Å². The summed E-state index contributed by atoms with van der Waals surface area (Å²) in [4.78, 5) is 0. The molecule has 2 rings (SSSR count). The number of hydrogen-bond acceptors (Lipinski definition) is 2. The van der Waals surface area contributed by atoms with Crippen molar-refractivity contribution in [2.24, 2.45) is 11.1 Å². The molecule has 2 heteroatoms. The summed E-state index contributed by atoms with van der Waals surface area (Å²) < 4.78 is 0. The first-order chi connectivity index (χ1) is 9.32. The molecule has 20 heavy (non-hydrogen) atoms. The van der Waals surface area contributed by atoms with Gasteiger partial charge in [-0.1, -0.05) is 26.0 Å². The van der Waals surface area contributed by atoms with Crippen molar-refractivity contribution in [2.45, 2.75) is 66.0 Å². The molecule has 1 aliphatic rings. The molecule has 1 fully saturated rings. The maximum absolute atomic E-state index is 6.05. The molecule has 1 aromatic carbocycles. The Kier molecular flexibility index (Phi) is 4.55. The molecular formula is C18H30N2. The number of nitrogens with one attached hydrogen (secondary N) is 1. The Morgan fingerprint density at radius 2 is 1.85 bits per heavy atom. The Labute approximate surface area is 124 Å². The van der Waals surface area contributed by atoms with Gasteiger partial charge in [0.25, 0.3) is 0 Å². The molecule has 0 bridgehead atoms. The van der Waals surface area contributed by atoms with Gasteiger partial charge in [0, 0.05) is 18.6 Å². The van der Waals surface area contributed by atoms with Crippen molar-refractivity contribution >= 4 is 0 Å². The maximum Gasteiger partial charge on any atom is 0.0449 e. The fourth-order valence-corrected chi connectivity index (χ4v) is 3.51. The summed E-state index contributed by atoms with van der Waals surface area (Å²) in [5, 5.41) is 3.80. The van der Waals surface area contributed by atoms with Crippen molar-refractivity contribution < 1.29 is 0 Å². The lowest BCUT2D eigenvalue weighted by Crippen LogP contribution is -2.36. The van der Waals surface area contributed by atoms with Crippen LogP contribution in [-0.4, -0.2) is 12.6 Å². The predicted octanol–water partition coefficient (Wildman–Crippen LogP) is 3.78. The number of hydrogen-bond donors (Lipinski definition) is 2. The van der Waals surface area contributed by atoms with Crippen molar-refractivity contribution in [1.29, 1.82) is 0 Å². The largest absolute Gasteiger partial charge is 0.329 e. The Hall–Kier alpha value is -0.860. The van der Waals surface area contributed by atoms with Crippen molar-refractivity contribution in [3.63, 3.8) is 0 Å². The summed E-state index contributed by atoms with van der Waals surface area (Å²) in [7, 11) is 0. The Morgan fingerprint density at radius 1 is 1.20 bits per heavy atom. The summed E-state index contributed by atoms with van der Waals surface area (Å²) in [5.41, 5.74) is 12.0. The molecule has 2 atom stereocenters. The fourth-order valence-electron chi connectivity index (χ4n) is 3.51. The summed E-state index contributed by atoms with van der Waals surface area (Å²) in [5.74, 6) is 0. The third kappa shape index (κ3) is 3.42. The smallest absolute Gasteiger partial charge is 0.0449 e. The summed E-state index contributed by atoms with van der Waals surface area (Å²) in [6.45, 7) is 12.0. The molecule has 0 saturated heterocycles. The molecule has 0 aromatic heterocycles. The van der Waals surface area contributed by atoms with Crippen LogP contribution in [0.4, 0.5) is 0 Å². The van der Waals surface area contributed by atoms with Crippen molar-refractivity contribution in [1.82, 2.24) is 5.32 Å². The SMILES string of the molecule is Cc1cc(C)c(C(CN)NC2CCC(C)(C)C2)cc1C. The van der Waals surface area contributed by atoms with Crippen LogP contribution in [0.5, 0.6) is 0 Å². The molecule has 0 aliphatic heterocycles. The molecule has 2 nitrogen and oxygen atoms in total. The van der Waals surface area contributed by atoms with Crippen LogP contribution < -0.4 is 11.1 Å². The van der Waals surface area contributed by atoms with Gasteiger partial charge in [-0.3, -0.25) is 0 Å². The second-order valence-electron chi connectivity index (χ2n) is 7.35. The minimum absolute atomic E-state index is 0.285. The predicted molar refractivity (Wildman–Crippen MR) is 87.0 cm³/mol. The number of benzene rings is 1. The van der Waals surface area contributed by atoms with E-state index in [1.165, 1.54) is 41.5 Å². The highest BCUT2D eigenvalue weighted by Gasteiger charge is 2.32. The van der Waals surface area contributed by atoms with Crippen LogP contribution in [-0.2, 0) is 0 Å². The zero-order valence-electron chi connectivity index (χ0n) is 13.7. The molecule has 0 radical (unpaired) electrons. The minimum Gasteiger partial charge on any atom is -0.329 e. The van der Waals surface area contributed by atoms with Crippen LogP contribution >= 0.6 is 0 Å². The minimum atomic E-state index is 0.285. The maximum atomic E-state index is 6.05. The van der Waals surface area contributed by atoms with E-state index in [9.17, 15) is 0 Å². The molecular weight excluding hydrogens is 244 g/mol. The molecule has 0 amide bonds. The average Bonchev–Trinajstić information content (AvgIpc) is 2.71. The van der Waals surface area contributed by atoms with E-state index in [0.717, 1.165) is 0 Å². The van der Waals surface area contributed by atoms with E-state index in [1.807, 2.05) is 0 Å². The first-order valence-corrected chi connectivity index (χ1v) is 7.86. The van der Waals surface area contributed by atoms with E-state index in [-0.39, 0.29) is 6.04 Å². The molecule has 0 heterocycles. The summed E-state index contributed by atoms with van der Waals surface area (Å²) >= 11 is 0. The van der Waals surface area contributed by atoms with Gasteiger partial charge in [-0.25, -0.2) is 0 Å². The molecule has 112 valence electrons. The second kappa shape index (κ2) is 5.87. The third-order valence-corrected chi connectivity index (χ3v) is 4.90. The van der Waals surface area contributed by atoms with Crippen LogP contribution in [0.3, 0.4) is 0 Å². The number of aryl methyl sites for hydroxylation is 3. The lowest BCUT2D eigenvalue weighted by Gasteiger charge is -2.25. The monoisotopic (exact) mass is 274 g/mol. The zero-order chi connectivity index (χ0) is 14.9. The van der Waals surface area contributed by atoms with Gasteiger partial charge in [-0.05, 0) is 67.7 Å². The van der Waals surface area contributed by atoms with Gasteiger partial charge in [0.2, 0.25) is 0 Å². The lowest BCUT2D eigenvalue weighted by atomic mass is 9.91. The van der Waals surface area contributed by atoms with Gasteiger partial charge >= 0.3 is 0 Å². The Bertz CT molecular complexity index is 477. The Balaban J connectivity index is 2.15. The van der Waals surface area contributed by atoms with Gasteiger partial charge in [0.1, 0.15) is 0 Å². The second-order valence-corrected chi connectivity index (χ2v) is 7.35. The van der Waals surface area contributed by atoms with Crippen LogP contribution in [0.25, 0.3) is 0 Å². The third-order valence-electron chi connectivity index (χ3n) is 4.90. The molecule has 0 spiro atoms. The van der Waals surface area contributed by atoms with Gasteiger partial charge in [0.05, 0.1) is 0 Å². The average molecular weight is 274 g/mol.